The second kappa shape index (κ2) is 8.80. The highest BCUT2D eigenvalue weighted by Crippen LogP contribution is 2.12. The summed E-state index contributed by atoms with van der Waals surface area (Å²) in [6.07, 6.45) is 5.75. The van der Waals surface area contributed by atoms with E-state index in [0.717, 1.165) is 25.1 Å². The van der Waals surface area contributed by atoms with Crippen LogP contribution >= 0.6 is 11.8 Å². The zero-order chi connectivity index (χ0) is 14.1. The first-order valence-electron chi connectivity index (χ1n) is 6.67. The first-order valence-corrected chi connectivity index (χ1v) is 8.07. The van der Waals surface area contributed by atoms with E-state index in [2.05, 4.69) is 28.8 Å². The van der Waals surface area contributed by atoms with Gasteiger partial charge in [-0.25, -0.2) is 4.98 Å². The van der Waals surface area contributed by atoms with Gasteiger partial charge < -0.3 is 10.6 Å². The minimum absolute atomic E-state index is 0.0553. The maximum atomic E-state index is 12.2. The van der Waals surface area contributed by atoms with Crippen LogP contribution in [0.1, 0.15) is 37.0 Å². The maximum absolute atomic E-state index is 12.2. The third-order valence-electron chi connectivity index (χ3n) is 2.73. The number of hydrogen-bond acceptors (Lipinski definition) is 4. The predicted octanol–water partition coefficient (Wildman–Crippen LogP) is 2.77. The average Bonchev–Trinajstić information content (AvgIpc) is 2.43. The monoisotopic (exact) mass is 281 g/mol. The highest BCUT2D eigenvalue weighted by Gasteiger charge is 2.13. The van der Waals surface area contributed by atoms with Crippen molar-refractivity contribution in [2.75, 3.05) is 23.9 Å². The lowest BCUT2D eigenvalue weighted by molar-refractivity contribution is 0.0940. The molecule has 0 aliphatic carbocycles. The van der Waals surface area contributed by atoms with Gasteiger partial charge in [-0.1, -0.05) is 6.92 Å². The number of pyridine rings is 1. The number of thioether (sulfide) groups is 1. The van der Waals surface area contributed by atoms with Crippen molar-refractivity contribution in [1.29, 1.82) is 0 Å². The summed E-state index contributed by atoms with van der Waals surface area (Å²) in [5.74, 6) is 1.66. The van der Waals surface area contributed by atoms with Gasteiger partial charge in [-0.3, -0.25) is 4.79 Å². The van der Waals surface area contributed by atoms with Gasteiger partial charge in [-0.2, -0.15) is 11.8 Å². The van der Waals surface area contributed by atoms with E-state index in [0.29, 0.717) is 11.4 Å². The standard InChI is InChI=1S/C14H23N3OS/c1-4-8-15-13-12(6-5-9-16-13)14(18)17-11(2)7-10-19-3/h5-6,9,11H,4,7-8,10H2,1-3H3,(H,15,16)(H,17,18). The molecule has 19 heavy (non-hydrogen) atoms. The summed E-state index contributed by atoms with van der Waals surface area (Å²) < 4.78 is 0. The molecule has 2 N–H and O–H groups in total. The van der Waals surface area contributed by atoms with Crippen LogP contribution in [-0.2, 0) is 0 Å². The van der Waals surface area contributed by atoms with Crippen LogP contribution in [0.25, 0.3) is 0 Å². The van der Waals surface area contributed by atoms with Gasteiger partial charge in [0.15, 0.2) is 0 Å². The molecule has 5 heteroatoms. The van der Waals surface area contributed by atoms with Crippen LogP contribution in [0.15, 0.2) is 18.3 Å². The molecule has 1 atom stereocenters. The number of amides is 1. The van der Waals surface area contributed by atoms with Gasteiger partial charge in [0.2, 0.25) is 0 Å². The Labute approximate surface area is 119 Å². The Morgan fingerprint density at radius 3 is 3.00 bits per heavy atom. The molecule has 1 unspecified atom stereocenters. The van der Waals surface area contributed by atoms with Gasteiger partial charge in [-0.15, -0.1) is 0 Å². The number of hydrogen-bond donors (Lipinski definition) is 2. The van der Waals surface area contributed by atoms with Crippen molar-refractivity contribution in [3.63, 3.8) is 0 Å². The number of aromatic nitrogens is 1. The van der Waals surface area contributed by atoms with Crippen molar-refractivity contribution >= 4 is 23.5 Å². The molecule has 1 amide bonds. The highest BCUT2D eigenvalue weighted by atomic mass is 32.2. The second-order valence-corrected chi connectivity index (χ2v) is 5.47. The third-order valence-corrected chi connectivity index (χ3v) is 3.37. The first-order chi connectivity index (χ1) is 9.19. The molecular formula is C14H23N3OS. The van der Waals surface area contributed by atoms with Gasteiger partial charge in [-0.05, 0) is 43.9 Å². The lowest BCUT2D eigenvalue weighted by Crippen LogP contribution is -2.33. The van der Waals surface area contributed by atoms with Crippen molar-refractivity contribution in [1.82, 2.24) is 10.3 Å². The van der Waals surface area contributed by atoms with Crippen molar-refractivity contribution in [2.45, 2.75) is 32.7 Å². The fraction of sp³-hybridized carbons (Fsp3) is 0.571. The molecule has 0 aliphatic rings. The molecule has 106 valence electrons. The van der Waals surface area contributed by atoms with Crippen LogP contribution in [0.2, 0.25) is 0 Å². The molecule has 0 saturated carbocycles. The molecule has 0 radical (unpaired) electrons. The highest BCUT2D eigenvalue weighted by molar-refractivity contribution is 7.98. The van der Waals surface area contributed by atoms with Crippen molar-refractivity contribution < 1.29 is 4.79 Å². The maximum Gasteiger partial charge on any atom is 0.255 e. The predicted molar refractivity (Wildman–Crippen MR) is 82.9 cm³/mol. The quantitative estimate of drug-likeness (QED) is 0.769. The Hall–Kier alpha value is -1.23. The van der Waals surface area contributed by atoms with E-state index in [1.165, 1.54) is 0 Å². The zero-order valence-corrected chi connectivity index (χ0v) is 12.7. The Bertz CT molecular complexity index is 398. The van der Waals surface area contributed by atoms with Gasteiger partial charge in [0.05, 0.1) is 5.56 Å². The summed E-state index contributed by atoms with van der Waals surface area (Å²) in [6.45, 7) is 4.93. The number of carbonyl (C=O) groups excluding carboxylic acids is 1. The smallest absolute Gasteiger partial charge is 0.255 e. The topological polar surface area (TPSA) is 54.0 Å². The molecule has 0 bridgehead atoms. The largest absolute Gasteiger partial charge is 0.369 e. The Morgan fingerprint density at radius 1 is 1.53 bits per heavy atom. The average molecular weight is 281 g/mol. The number of anilines is 1. The normalized spacial score (nSPS) is 11.9. The third kappa shape index (κ3) is 5.51. The molecule has 1 rings (SSSR count). The molecule has 0 spiro atoms. The van der Waals surface area contributed by atoms with Crippen molar-refractivity contribution in [3.8, 4) is 0 Å². The Kier molecular flexibility index (Phi) is 7.33. The van der Waals surface area contributed by atoms with Gasteiger partial charge >= 0.3 is 0 Å². The number of carbonyl (C=O) groups is 1. The molecule has 0 fully saturated rings. The molecule has 4 nitrogen and oxygen atoms in total. The van der Waals surface area contributed by atoms with Crippen LogP contribution in [-0.4, -0.2) is 35.5 Å². The molecule has 0 aliphatic heterocycles. The minimum atomic E-state index is -0.0553. The van der Waals surface area contributed by atoms with E-state index in [1.54, 1.807) is 24.0 Å². The molecule has 0 saturated heterocycles. The fourth-order valence-electron chi connectivity index (χ4n) is 1.64. The molecular weight excluding hydrogens is 258 g/mol. The lowest BCUT2D eigenvalue weighted by atomic mass is 10.2. The van der Waals surface area contributed by atoms with Crippen LogP contribution in [0.3, 0.4) is 0 Å². The van der Waals surface area contributed by atoms with Gasteiger partial charge in [0, 0.05) is 18.8 Å². The van der Waals surface area contributed by atoms with E-state index < -0.39 is 0 Å². The summed E-state index contributed by atoms with van der Waals surface area (Å²) in [5.41, 5.74) is 0.618. The van der Waals surface area contributed by atoms with Crippen molar-refractivity contribution in [2.24, 2.45) is 0 Å². The number of nitrogens with zero attached hydrogens (tertiary/aromatic N) is 1. The summed E-state index contributed by atoms with van der Waals surface area (Å²) >= 11 is 1.79. The van der Waals surface area contributed by atoms with E-state index in [-0.39, 0.29) is 11.9 Å². The summed E-state index contributed by atoms with van der Waals surface area (Å²) in [4.78, 5) is 16.4. The van der Waals surface area contributed by atoms with E-state index >= 15 is 0 Å². The van der Waals surface area contributed by atoms with E-state index in [4.69, 9.17) is 0 Å². The summed E-state index contributed by atoms with van der Waals surface area (Å²) in [7, 11) is 0. The summed E-state index contributed by atoms with van der Waals surface area (Å²) in [6, 6.07) is 3.78. The first kappa shape index (κ1) is 15.8. The van der Waals surface area contributed by atoms with Crippen LogP contribution < -0.4 is 10.6 Å². The fourth-order valence-corrected chi connectivity index (χ4v) is 2.23. The van der Waals surface area contributed by atoms with Crippen molar-refractivity contribution in [3.05, 3.63) is 23.9 Å². The number of rotatable bonds is 8. The van der Waals surface area contributed by atoms with Gasteiger partial charge in [0.25, 0.3) is 5.91 Å². The second-order valence-electron chi connectivity index (χ2n) is 4.48. The van der Waals surface area contributed by atoms with Gasteiger partial charge in [0.1, 0.15) is 5.82 Å². The van der Waals surface area contributed by atoms with E-state index in [1.807, 2.05) is 13.0 Å². The number of nitrogens with one attached hydrogen (secondary N) is 2. The lowest BCUT2D eigenvalue weighted by Gasteiger charge is -2.15. The molecule has 1 aromatic heterocycles. The molecule has 0 aromatic carbocycles. The SMILES string of the molecule is CCCNc1ncccc1C(=O)NC(C)CCSC. The minimum Gasteiger partial charge on any atom is -0.369 e. The molecule has 1 heterocycles. The van der Waals surface area contributed by atoms with E-state index in [9.17, 15) is 4.79 Å². The molecule has 1 aromatic rings. The van der Waals surface area contributed by atoms with Crippen LogP contribution in [0.5, 0.6) is 0 Å². The Balaban J connectivity index is 2.65. The van der Waals surface area contributed by atoms with Crippen LogP contribution in [0, 0.1) is 0 Å². The Morgan fingerprint density at radius 2 is 2.32 bits per heavy atom. The van der Waals surface area contributed by atoms with Crippen LogP contribution in [0.4, 0.5) is 5.82 Å². The summed E-state index contributed by atoms with van der Waals surface area (Å²) in [5, 5.41) is 6.20. The zero-order valence-electron chi connectivity index (χ0n) is 11.9.